The van der Waals surface area contributed by atoms with E-state index in [0.29, 0.717) is 11.7 Å². The van der Waals surface area contributed by atoms with Crippen molar-refractivity contribution in [3.8, 4) is 5.75 Å². The van der Waals surface area contributed by atoms with Crippen molar-refractivity contribution < 1.29 is 20.4 Å². The van der Waals surface area contributed by atoms with E-state index in [1.807, 2.05) is 19.1 Å². The van der Waals surface area contributed by atoms with Crippen molar-refractivity contribution in [2.75, 3.05) is 0 Å². The van der Waals surface area contributed by atoms with Crippen LogP contribution >= 0.6 is 0 Å². The number of aliphatic hydroxyl groups is 3. The van der Waals surface area contributed by atoms with Crippen LogP contribution in [0.3, 0.4) is 0 Å². The Balaban J connectivity index is 1.74. The molecule has 0 heterocycles. The van der Waals surface area contributed by atoms with Crippen molar-refractivity contribution in [1.82, 2.24) is 0 Å². The molecule has 3 aliphatic rings. The van der Waals surface area contributed by atoms with Gasteiger partial charge >= 0.3 is 0 Å². The third kappa shape index (κ3) is 1.75. The highest BCUT2D eigenvalue weighted by Gasteiger charge is 2.62. The summed E-state index contributed by atoms with van der Waals surface area (Å²) in [5.41, 5.74) is 2.09. The molecule has 2 saturated carbocycles. The van der Waals surface area contributed by atoms with Crippen LogP contribution in [0, 0.1) is 17.3 Å². The van der Waals surface area contributed by atoms with Gasteiger partial charge in [-0.25, -0.2) is 0 Å². The fourth-order valence-electron chi connectivity index (χ4n) is 5.62. The standard InChI is InChI=1S/C18H24O4/c1-18-7-6-12-11-5-3-10(19)8-9(11)2-4-13(12)14(18)15(20)16(21)17(18)22/h3,5,8,12-17,19-22H,2,4,6-7H2,1H3/t12-,13-,14-,15-,16-,17?,18+/m1/s1. The zero-order valence-corrected chi connectivity index (χ0v) is 12.8. The maximum absolute atomic E-state index is 10.5. The summed E-state index contributed by atoms with van der Waals surface area (Å²) in [6.45, 7) is 2.02. The molecular weight excluding hydrogens is 280 g/mol. The van der Waals surface area contributed by atoms with Gasteiger partial charge in [0, 0.05) is 5.41 Å². The fourth-order valence-corrected chi connectivity index (χ4v) is 5.62. The Morgan fingerprint density at radius 3 is 2.64 bits per heavy atom. The lowest BCUT2D eigenvalue weighted by Gasteiger charge is -2.50. The van der Waals surface area contributed by atoms with E-state index < -0.39 is 23.7 Å². The highest BCUT2D eigenvalue weighted by Crippen LogP contribution is 2.60. The van der Waals surface area contributed by atoms with Gasteiger partial charge in [0.1, 0.15) is 11.9 Å². The van der Waals surface area contributed by atoms with Gasteiger partial charge < -0.3 is 20.4 Å². The lowest BCUT2D eigenvalue weighted by atomic mass is 9.55. The van der Waals surface area contributed by atoms with Crippen LogP contribution in [0.15, 0.2) is 18.2 Å². The first-order valence-electron chi connectivity index (χ1n) is 8.29. The molecule has 1 unspecified atom stereocenters. The lowest BCUT2D eigenvalue weighted by Crippen LogP contribution is -2.46. The minimum Gasteiger partial charge on any atom is -0.508 e. The molecule has 0 radical (unpaired) electrons. The Labute approximate surface area is 130 Å². The second kappa shape index (κ2) is 4.70. The molecular formula is C18H24O4. The van der Waals surface area contributed by atoms with Gasteiger partial charge in [-0.05, 0) is 66.7 Å². The lowest BCUT2D eigenvalue weighted by molar-refractivity contribution is -0.0505. The number of aromatic hydroxyl groups is 1. The molecule has 1 aromatic rings. The van der Waals surface area contributed by atoms with Crippen molar-refractivity contribution >= 4 is 0 Å². The number of benzene rings is 1. The van der Waals surface area contributed by atoms with Gasteiger partial charge in [0.2, 0.25) is 0 Å². The monoisotopic (exact) mass is 304 g/mol. The largest absolute Gasteiger partial charge is 0.508 e. The molecule has 4 heteroatoms. The maximum atomic E-state index is 10.5. The van der Waals surface area contributed by atoms with E-state index in [1.165, 1.54) is 11.1 Å². The zero-order valence-electron chi connectivity index (χ0n) is 12.8. The van der Waals surface area contributed by atoms with Gasteiger partial charge in [-0.2, -0.15) is 0 Å². The molecule has 3 aliphatic carbocycles. The molecule has 22 heavy (non-hydrogen) atoms. The van der Waals surface area contributed by atoms with Crippen molar-refractivity contribution in [1.29, 1.82) is 0 Å². The van der Waals surface area contributed by atoms with E-state index in [-0.39, 0.29) is 11.8 Å². The predicted molar refractivity (Wildman–Crippen MR) is 81.5 cm³/mol. The average Bonchev–Trinajstić information content (AvgIpc) is 2.68. The van der Waals surface area contributed by atoms with Crippen LogP contribution in [0.2, 0.25) is 0 Å². The van der Waals surface area contributed by atoms with Crippen molar-refractivity contribution in [2.24, 2.45) is 17.3 Å². The van der Waals surface area contributed by atoms with Crippen LogP contribution in [0.25, 0.3) is 0 Å². The molecule has 0 amide bonds. The summed E-state index contributed by atoms with van der Waals surface area (Å²) in [4.78, 5) is 0. The molecule has 0 bridgehead atoms. The van der Waals surface area contributed by atoms with Gasteiger partial charge in [0.25, 0.3) is 0 Å². The Hall–Kier alpha value is -1.10. The van der Waals surface area contributed by atoms with Crippen LogP contribution in [0.1, 0.15) is 43.2 Å². The number of phenolic OH excluding ortho intramolecular Hbond substituents is 1. The molecule has 2 fully saturated rings. The average molecular weight is 304 g/mol. The van der Waals surface area contributed by atoms with Gasteiger partial charge in [0.05, 0.1) is 12.2 Å². The quantitative estimate of drug-likeness (QED) is 0.586. The summed E-state index contributed by atoms with van der Waals surface area (Å²) in [6.07, 6.45) is 0.894. The van der Waals surface area contributed by atoms with Crippen LogP contribution in [0.5, 0.6) is 5.75 Å². The van der Waals surface area contributed by atoms with E-state index in [9.17, 15) is 20.4 Å². The summed E-state index contributed by atoms with van der Waals surface area (Å²) < 4.78 is 0. The van der Waals surface area contributed by atoms with E-state index >= 15 is 0 Å². The molecule has 4 N–H and O–H groups in total. The van der Waals surface area contributed by atoms with Crippen LogP contribution in [0.4, 0.5) is 0 Å². The summed E-state index contributed by atoms with van der Waals surface area (Å²) in [7, 11) is 0. The smallest absolute Gasteiger partial charge is 0.115 e. The van der Waals surface area contributed by atoms with E-state index in [1.54, 1.807) is 6.07 Å². The van der Waals surface area contributed by atoms with Crippen LogP contribution < -0.4 is 0 Å². The van der Waals surface area contributed by atoms with Gasteiger partial charge in [0.15, 0.2) is 0 Å². The summed E-state index contributed by atoms with van der Waals surface area (Å²) in [6, 6.07) is 5.61. The van der Waals surface area contributed by atoms with Gasteiger partial charge in [-0.3, -0.25) is 0 Å². The molecule has 0 aliphatic heterocycles. The SMILES string of the molecule is C[C@]12CC[C@@H]3c4ccc(O)cc4CC[C@H]3[C@@H]1[C@@H](O)[C@@H](O)C2O. The van der Waals surface area contributed by atoms with E-state index in [4.69, 9.17) is 0 Å². The molecule has 7 atom stereocenters. The molecule has 0 saturated heterocycles. The number of rotatable bonds is 0. The molecule has 120 valence electrons. The minimum atomic E-state index is -1.03. The van der Waals surface area contributed by atoms with Gasteiger partial charge in [-0.1, -0.05) is 13.0 Å². The molecule has 0 spiro atoms. The molecule has 1 aromatic carbocycles. The molecule has 0 aromatic heterocycles. The second-order valence-corrected chi connectivity index (χ2v) is 7.69. The Morgan fingerprint density at radius 2 is 1.86 bits per heavy atom. The molecule has 4 rings (SSSR count). The normalized spacial score (nSPS) is 46.7. The third-order valence-corrected chi connectivity index (χ3v) is 6.72. The number of hydrogen-bond donors (Lipinski definition) is 4. The number of aliphatic hydroxyl groups excluding tert-OH is 3. The van der Waals surface area contributed by atoms with E-state index in [2.05, 4.69) is 0 Å². The highest BCUT2D eigenvalue weighted by atomic mass is 16.4. The number of aryl methyl sites for hydroxylation is 1. The summed E-state index contributed by atoms with van der Waals surface area (Å²) in [5, 5.41) is 40.7. The van der Waals surface area contributed by atoms with Crippen molar-refractivity contribution in [3.05, 3.63) is 29.3 Å². The second-order valence-electron chi connectivity index (χ2n) is 7.69. The Kier molecular flexibility index (Phi) is 3.09. The summed E-state index contributed by atoms with van der Waals surface area (Å²) >= 11 is 0. The minimum absolute atomic E-state index is 0.0572. The Bertz CT molecular complexity index is 601. The maximum Gasteiger partial charge on any atom is 0.115 e. The number of phenols is 1. The van der Waals surface area contributed by atoms with Crippen molar-refractivity contribution in [3.63, 3.8) is 0 Å². The summed E-state index contributed by atoms with van der Waals surface area (Å²) in [5.74, 6) is 0.898. The first-order chi connectivity index (χ1) is 10.4. The Morgan fingerprint density at radius 1 is 1.09 bits per heavy atom. The first kappa shape index (κ1) is 14.5. The number of fused-ring (bicyclic) bond motifs is 5. The van der Waals surface area contributed by atoms with Crippen LogP contribution in [-0.4, -0.2) is 38.7 Å². The zero-order chi connectivity index (χ0) is 15.6. The topological polar surface area (TPSA) is 80.9 Å². The van der Waals surface area contributed by atoms with Crippen molar-refractivity contribution in [2.45, 2.75) is 56.8 Å². The fraction of sp³-hybridized carbons (Fsp3) is 0.667. The predicted octanol–water partition coefficient (Wildman–Crippen LogP) is 1.55. The highest BCUT2D eigenvalue weighted by molar-refractivity contribution is 5.40. The molecule has 4 nitrogen and oxygen atoms in total. The van der Waals surface area contributed by atoms with Gasteiger partial charge in [-0.15, -0.1) is 0 Å². The number of hydrogen-bond acceptors (Lipinski definition) is 4. The van der Waals surface area contributed by atoms with Crippen LogP contribution in [-0.2, 0) is 6.42 Å². The first-order valence-corrected chi connectivity index (χ1v) is 8.29. The van der Waals surface area contributed by atoms with E-state index in [0.717, 1.165) is 25.7 Å². The third-order valence-electron chi connectivity index (χ3n) is 6.72.